The van der Waals surface area contributed by atoms with E-state index >= 15 is 0 Å². The van der Waals surface area contributed by atoms with Gasteiger partial charge in [0.05, 0.1) is 0 Å². The van der Waals surface area contributed by atoms with Gasteiger partial charge in [-0.1, -0.05) is 28.1 Å². The number of halogens is 1. The lowest BCUT2D eigenvalue weighted by atomic mass is 10.2. The quantitative estimate of drug-likeness (QED) is 0.906. The predicted molar refractivity (Wildman–Crippen MR) is 74.6 cm³/mol. The Morgan fingerprint density at radius 1 is 1.41 bits per heavy atom. The van der Waals surface area contributed by atoms with Crippen LogP contribution in [0.3, 0.4) is 0 Å². The highest BCUT2D eigenvalue weighted by Crippen LogP contribution is 2.12. The third kappa shape index (κ3) is 4.61. The van der Waals surface area contributed by atoms with Gasteiger partial charge in [0, 0.05) is 23.8 Å². The number of urea groups is 1. The molecule has 17 heavy (non-hydrogen) atoms. The minimum Gasteiger partial charge on any atom is -0.325 e. The van der Waals surface area contributed by atoms with Gasteiger partial charge in [0.15, 0.2) is 0 Å². The van der Waals surface area contributed by atoms with Crippen LogP contribution in [-0.2, 0) is 0 Å². The molecule has 1 aromatic carbocycles. The topological polar surface area (TPSA) is 32.3 Å². The van der Waals surface area contributed by atoms with Crippen LogP contribution in [0.2, 0.25) is 0 Å². The van der Waals surface area contributed by atoms with Crippen LogP contribution in [-0.4, -0.2) is 24.0 Å². The summed E-state index contributed by atoms with van der Waals surface area (Å²) in [5.41, 5.74) is 1.04. The molecule has 0 aromatic heterocycles. The number of rotatable bonds is 4. The van der Waals surface area contributed by atoms with Crippen LogP contribution < -0.4 is 5.32 Å². The maximum Gasteiger partial charge on any atom is 0.321 e. The van der Waals surface area contributed by atoms with E-state index in [9.17, 15) is 4.79 Å². The molecule has 0 saturated carbocycles. The lowest BCUT2D eigenvalue weighted by Crippen LogP contribution is -2.37. The number of benzene rings is 1. The van der Waals surface area contributed by atoms with E-state index in [4.69, 9.17) is 0 Å². The maximum atomic E-state index is 11.6. The molecule has 1 N–H and O–H groups in total. The molecular weight excluding hydrogens is 280 g/mol. The number of hydrogen-bond donors (Lipinski definition) is 1. The van der Waals surface area contributed by atoms with E-state index in [-0.39, 0.29) is 6.03 Å². The second kappa shape index (κ2) is 7.12. The standard InChI is InChI=1S/C13H17BrN2O/c1-3-16(4-2)13(17)15-9-8-11-6-5-7-12(14)10-11/h5-10H,3-4H2,1-2H3,(H,15,17)/b9-8+. The van der Waals surface area contributed by atoms with Gasteiger partial charge >= 0.3 is 6.03 Å². The second-order valence-electron chi connectivity index (χ2n) is 3.51. The molecule has 0 radical (unpaired) electrons. The largest absolute Gasteiger partial charge is 0.325 e. The summed E-state index contributed by atoms with van der Waals surface area (Å²) in [7, 11) is 0. The number of nitrogens with one attached hydrogen (secondary N) is 1. The first-order valence-electron chi connectivity index (χ1n) is 5.65. The van der Waals surface area contributed by atoms with Crippen molar-refractivity contribution in [1.82, 2.24) is 10.2 Å². The molecule has 1 rings (SSSR count). The molecule has 0 fully saturated rings. The maximum absolute atomic E-state index is 11.6. The van der Waals surface area contributed by atoms with Gasteiger partial charge in [-0.05, 0) is 37.6 Å². The zero-order valence-electron chi connectivity index (χ0n) is 10.1. The van der Waals surface area contributed by atoms with Gasteiger partial charge in [-0.25, -0.2) is 4.79 Å². The molecule has 0 aliphatic rings. The average Bonchev–Trinajstić information content (AvgIpc) is 2.30. The zero-order chi connectivity index (χ0) is 12.7. The normalized spacial score (nSPS) is 10.5. The molecule has 0 saturated heterocycles. The molecule has 4 heteroatoms. The molecule has 0 spiro atoms. The first kappa shape index (κ1) is 13.8. The first-order valence-corrected chi connectivity index (χ1v) is 6.44. The molecule has 2 amide bonds. The molecule has 3 nitrogen and oxygen atoms in total. The summed E-state index contributed by atoms with van der Waals surface area (Å²) in [4.78, 5) is 13.3. The van der Waals surface area contributed by atoms with E-state index in [1.54, 1.807) is 11.1 Å². The Kier molecular flexibility index (Phi) is 5.77. The van der Waals surface area contributed by atoms with Gasteiger partial charge in [-0.15, -0.1) is 0 Å². The van der Waals surface area contributed by atoms with E-state index in [0.29, 0.717) is 13.1 Å². The van der Waals surface area contributed by atoms with Gasteiger partial charge in [-0.2, -0.15) is 0 Å². The highest BCUT2D eigenvalue weighted by molar-refractivity contribution is 9.10. The predicted octanol–water partition coefficient (Wildman–Crippen LogP) is 3.47. The fourth-order valence-corrected chi connectivity index (χ4v) is 1.84. The van der Waals surface area contributed by atoms with Crippen molar-refractivity contribution in [3.8, 4) is 0 Å². The molecule has 92 valence electrons. The third-order valence-electron chi connectivity index (χ3n) is 2.38. The highest BCUT2D eigenvalue weighted by Gasteiger charge is 2.05. The molecular formula is C13H17BrN2O. The molecule has 0 bridgehead atoms. The number of hydrogen-bond acceptors (Lipinski definition) is 1. The van der Waals surface area contributed by atoms with Crippen LogP contribution in [0.15, 0.2) is 34.9 Å². The second-order valence-corrected chi connectivity index (χ2v) is 4.43. The number of carbonyl (C=O) groups is 1. The van der Waals surface area contributed by atoms with Crippen LogP contribution in [0.25, 0.3) is 6.08 Å². The SMILES string of the molecule is CCN(CC)C(=O)N/C=C/c1cccc(Br)c1. The minimum atomic E-state index is -0.0683. The average molecular weight is 297 g/mol. The van der Waals surface area contributed by atoms with Gasteiger partial charge < -0.3 is 10.2 Å². The molecule has 0 unspecified atom stereocenters. The van der Waals surface area contributed by atoms with E-state index in [0.717, 1.165) is 10.0 Å². The Labute approximate surface area is 111 Å². The fraction of sp³-hybridized carbons (Fsp3) is 0.308. The Morgan fingerprint density at radius 2 is 2.12 bits per heavy atom. The van der Waals surface area contributed by atoms with Crippen molar-refractivity contribution >= 4 is 28.0 Å². The Morgan fingerprint density at radius 3 is 2.71 bits per heavy atom. The zero-order valence-corrected chi connectivity index (χ0v) is 11.7. The lowest BCUT2D eigenvalue weighted by molar-refractivity contribution is 0.207. The van der Waals surface area contributed by atoms with E-state index in [1.807, 2.05) is 44.2 Å². The summed E-state index contributed by atoms with van der Waals surface area (Å²) in [6, 6.07) is 7.81. The van der Waals surface area contributed by atoms with Crippen molar-refractivity contribution in [2.45, 2.75) is 13.8 Å². The van der Waals surface area contributed by atoms with E-state index < -0.39 is 0 Å². The highest BCUT2D eigenvalue weighted by atomic mass is 79.9. The summed E-state index contributed by atoms with van der Waals surface area (Å²) in [5, 5.41) is 2.74. The van der Waals surface area contributed by atoms with Crippen molar-refractivity contribution < 1.29 is 4.79 Å². The third-order valence-corrected chi connectivity index (χ3v) is 2.88. The van der Waals surface area contributed by atoms with Gasteiger partial charge in [0.2, 0.25) is 0 Å². The summed E-state index contributed by atoms with van der Waals surface area (Å²) >= 11 is 3.40. The monoisotopic (exact) mass is 296 g/mol. The van der Waals surface area contributed by atoms with Crippen molar-refractivity contribution in [2.24, 2.45) is 0 Å². The van der Waals surface area contributed by atoms with E-state index in [2.05, 4.69) is 21.2 Å². The smallest absolute Gasteiger partial charge is 0.321 e. The summed E-state index contributed by atoms with van der Waals surface area (Å²) < 4.78 is 1.02. The molecule has 0 atom stereocenters. The first-order chi connectivity index (χ1) is 8.17. The van der Waals surface area contributed by atoms with Crippen molar-refractivity contribution in [2.75, 3.05) is 13.1 Å². The summed E-state index contributed by atoms with van der Waals surface area (Å²) in [6.45, 7) is 5.35. The molecule has 0 heterocycles. The van der Waals surface area contributed by atoms with Crippen molar-refractivity contribution in [3.05, 3.63) is 40.5 Å². The van der Waals surface area contributed by atoms with Crippen LogP contribution in [0.5, 0.6) is 0 Å². The Hall–Kier alpha value is -1.29. The Bertz CT molecular complexity index is 400. The van der Waals surface area contributed by atoms with Gasteiger partial charge in [0.25, 0.3) is 0 Å². The molecule has 0 aliphatic heterocycles. The number of nitrogens with zero attached hydrogens (tertiary/aromatic N) is 1. The lowest BCUT2D eigenvalue weighted by Gasteiger charge is -2.17. The van der Waals surface area contributed by atoms with Crippen molar-refractivity contribution in [3.63, 3.8) is 0 Å². The number of amides is 2. The van der Waals surface area contributed by atoms with Crippen LogP contribution >= 0.6 is 15.9 Å². The van der Waals surface area contributed by atoms with Crippen molar-refractivity contribution in [1.29, 1.82) is 0 Å². The summed E-state index contributed by atoms with van der Waals surface area (Å²) in [6.07, 6.45) is 3.54. The van der Waals surface area contributed by atoms with Crippen LogP contribution in [0.4, 0.5) is 4.79 Å². The number of carbonyl (C=O) groups excluding carboxylic acids is 1. The van der Waals surface area contributed by atoms with Crippen LogP contribution in [0.1, 0.15) is 19.4 Å². The Balaban J connectivity index is 2.53. The van der Waals surface area contributed by atoms with E-state index in [1.165, 1.54) is 0 Å². The van der Waals surface area contributed by atoms with Gasteiger partial charge in [-0.3, -0.25) is 0 Å². The minimum absolute atomic E-state index is 0.0683. The molecule has 0 aliphatic carbocycles. The fourth-order valence-electron chi connectivity index (χ4n) is 1.42. The summed E-state index contributed by atoms with van der Waals surface area (Å²) in [5.74, 6) is 0. The molecule has 1 aromatic rings. The van der Waals surface area contributed by atoms with Gasteiger partial charge in [0.1, 0.15) is 0 Å². The van der Waals surface area contributed by atoms with Crippen LogP contribution in [0, 0.1) is 0 Å².